The number of hydrogen-bond donors (Lipinski definition) is 1. The monoisotopic (exact) mass is 254 g/mol. The maximum absolute atomic E-state index is 13.0. The van der Waals surface area contributed by atoms with Crippen LogP contribution in [0.2, 0.25) is 5.02 Å². The second-order valence-corrected chi connectivity index (χ2v) is 4.16. The molecule has 1 atom stereocenters. The Hall–Kier alpha value is -1.39. The molecular formula is C12H12ClFN2O. The molecule has 0 spiro atoms. The van der Waals surface area contributed by atoms with Gasteiger partial charge in [0.05, 0.1) is 17.8 Å². The fourth-order valence-electron chi connectivity index (χ4n) is 1.49. The van der Waals surface area contributed by atoms with Crippen LogP contribution in [0.4, 0.5) is 4.39 Å². The van der Waals surface area contributed by atoms with Crippen molar-refractivity contribution in [2.45, 2.75) is 19.5 Å². The first-order valence-corrected chi connectivity index (χ1v) is 5.62. The minimum Gasteiger partial charge on any atom is -0.360 e. The molecule has 3 nitrogen and oxygen atoms in total. The number of nitrogens with zero attached hydrogens (tertiary/aromatic N) is 1. The lowest BCUT2D eigenvalue weighted by atomic mass is 10.1. The summed E-state index contributed by atoms with van der Waals surface area (Å²) in [4.78, 5) is 0. The molecule has 1 heterocycles. The maximum atomic E-state index is 13.0. The van der Waals surface area contributed by atoms with Gasteiger partial charge in [0.25, 0.3) is 0 Å². The van der Waals surface area contributed by atoms with Crippen LogP contribution in [-0.2, 0) is 6.54 Å². The highest BCUT2D eigenvalue weighted by atomic mass is 35.5. The summed E-state index contributed by atoms with van der Waals surface area (Å²) in [5, 5.41) is 6.98. The molecule has 1 aromatic carbocycles. The molecule has 0 saturated heterocycles. The molecule has 90 valence electrons. The Kier molecular flexibility index (Phi) is 3.76. The summed E-state index contributed by atoms with van der Waals surface area (Å²) in [5.74, 6) is 0.350. The topological polar surface area (TPSA) is 38.1 Å². The van der Waals surface area contributed by atoms with Crippen LogP contribution in [-0.4, -0.2) is 5.16 Å². The van der Waals surface area contributed by atoms with E-state index in [-0.39, 0.29) is 11.1 Å². The molecule has 2 rings (SSSR count). The van der Waals surface area contributed by atoms with Crippen LogP contribution in [0.25, 0.3) is 0 Å². The molecule has 5 heteroatoms. The Morgan fingerprint density at radius 2 is 2.29 bits per heavy atom. The Bertz CT molecular complexity index is 487. The fraction of sp³-hybridized carbons (Fsp3) is 0.250. The fourth-order valence-corrected chi connectivity index (χ4v) is 1.68. The largest absolute Gasteiger partial charge is 0.360 e. The van der Waals surface area contributed by atoms with Crippen LogP contribution in [0.15, 0.2) is 35.0 Å². The van der Waals surface area contributed by atoms with Gasteiger partial charge < -0.3 is 9.84 Å². The molecule has 2 aromatic rings. The molecule has 1 aromatic heterocycles. The summed E-state index contributed by atoms with van der Waals surface area (Å²) < 4.78 is 18.0. The molecule has 0 aliphatic rings. The summed E-state index contributed by atoms with van der Waals surface area (Å²) >= 11 is 5.73. The van der Waals surface area contributed by atoms with Crippen molar-refractivity contribution in [1.82, 2.24) is 10.5 Å². The Balaban J connectivity index is 1.99. The molecule has 17 heavy (non-hydrogen) atoms. The third-order valence-electron chi connectivity index (χ3n) is 2.52. The summed E-state index contributed by atoms with van der Waals surface area (Å²) in [6.45, 7) is 2.54. The predicted molar refractivity (Wildman–Crippen MR) is 63.2 cm³/mol. The highest BCUT2D eigenvalue weighted by molar-refractivity contribution is 6.30. The molecule has 1 N–H and O–H groups in total. The van der Waals surface area contributed by atoms with Gasteiger partial charge in [-0.15, -0.1) is 0 Å². The van der Waals surface area contributed by atoms with Gasteiger partial charge in [0.1, 0.15) is 11.6 Å². The van der Waals surface area contributed by atoms with E-state index in [1.807, 2.05) is 6.92 Å². The zero-order valence-electron chi connectivity index (χ0n) is 9.28. The van der Waals surface area contributed by atoms with Crippen molar-refractivity contribution < 1.29 is 8.91 Å². The van der Waals surface area contributed by atoms with E-state index in [0.29, 0.717) is 6.54 Å². The van der Waals surface area contributed by atoms with Crippen LogP contribution in [0.3, 0.4) is 0 Å². The van der Waals surface area contributed by atoms with Crippen LogP contribution in [0, 0.1) is 5.82 Å². The zero-order valence-corrected chi connectivity index (χ0v) is 10.0. The van der Waals surface area contributed by atoms with Gasteiger partial charge in [0, 0.05) is 12.1 Å². The van der Waals surface area contributed by atoms with Crippen molar-refractivity contribution in [2.24, 2.45) is 0 Å². The molecule has 1 unspecified atom stereocenters. The summed E-state index contributed by atoms with van der Waals surface area (Å²) in [6, 6.07) is 6.54. The van der Waals surface area contributed by atoms with Gasteiger partial charge in [-0.3, -0.25) is 0 Å². The van der Waals surface area contributed by atoms with E-state index < -0.39 is 5.82 Å². The average Bonchev–Trinajstić information content (AvgIpc) is 2.82. The number of nitrogens with one attached hydrogen (secondary N) is 1. The third-order valence-corrected chi connectivity index (χ3v) is 2.81. The van der Waals surface area contributed by atoms with Gasteiger partial charge in [-0.2, -0.15) is 0 Å². The molecule has 0 aliphatic heterocycles. The van der Waals surface area contributed by atoms with Crippen molar-refractivity contribution in [3.8, 4) is 0 Å². The number of halogens is 2. The second kappa shape index (κ2) is 5.29. The average molecular weight is 255 g/mol. The SMILES string of the molecule is CC(NCc1ccno1)c1ccc(F)c(Cl)c1. The van der Waals surface area contributed by atoms with Gasteiger partial charge in [-0.1, -0.05) is 22.8 Å². The molecular weight excluding hydrogens is 243 g/mol. The Morgan fingerprint density at radius 1 is 1.47 bits per heavy atom. The number of rotatable bonds is 4. The first-order valence-electron chi connectivity index (χ1n) is 5.24. The van der Waals surface area contributed by atoms with E-state index in [0.717, 1.165) is 11.3 Å². The number of aromatic nitrogens is 1. The quantitative estimate of drug-likeness (QED) is 0.910. The summed E-state index contributed by atoms with van der Waals surface area (Å²) in [5.41, 5.74) is 0.927. The lowest BCUT2D eigenvalue weighted by molar-refractivity contribution is 0.366. The van der Waals surface area contributed by atoms with Crippen molar-refractivity contribution in [2.75, 3.05) is 0 Å². The molecule has 0 radical (unpaired) electrons. The zero-order chi connectivity index (χ0) is 12.3. The van der Waals surface area contributed by atoms with Gasteiger partial charge in [-0.05, 0) is 24.6 Å². The second-order valence-electron chi connectivity index (χ2n) is 3.75. The van der Waals surface area contributed by atoms with Crippen LogP contribution in [0.5, 0.6) is 0 Å². The summed E-state index contributed by atoms with van der Waals surface area (Å²) in [6.07, 6.45) is 1.59. The van der Waals surface area contributed by atoms with Gasteiger partial charge in [0.15, 0.2) is 0 Å². The minimum atomic E-state index is -0.405. The highest BCUT2D eigenvalue weighted by Crippen LogP contribution is 2.20. The normalized spacial score (nSPS) is 12.6. The van der Waals surface area contributed by atoms with Gasteiger partial charge in [-0.25, -0.2) is 4.39 Å². The first kappa shape index (κ1) is 12.1. The van der Waals surface area contributed by atoms with Crippen molar-refractivity contribution in [3.63, 3.8) is 0 Å². The van der Waals surface area contributed by atoms with E-state index >= 15 is 0 Å². The third kappa shape index (κ3) is 3.05. The van der Waals surface area contributed by atoms with Gasteiger partial charge >= 0.3 is 0 Å². The van der Waals surface area contributed by atoms with Crippen molar-refractivity contribution in [3.05, 3.63) is 52.6 Å². The van der Waals surface area contributed by atoms with Gasteiger partial charge in [0.2, 0.25) is 0 Å². The van der Waals surface area contributed by atoms with E-state index in [2.05, 4.69) is 10.5 Å². The van der Waals surface area contributed by atoms with Crippen LogP contribution < -0.4 is 5.32 Å². The molecule has 0 bridgehead atoms. The standard InChI is InChI=1S/C12H12ClFN2O/c1-8(15-7-10-4-5-16-17-10)9-2-3-12(14)11(13)6-9/h2-6,8,15H,7H2,1H3. The van der Waals surface area contributed by atoms with Crippen molar-refractivity contribution in [1.29, 1.82) is 0 Å². The first-order chi connectivity index (χ1) is 8.16. The smallest absolute Gasteiger partial charge is 0.150 e. The maximum Gasteiger partial charge on any atom is 0.150 e. The Labute approximate surface area is 104 Å². The lowest BCUT2D eigenvalue weighted by Gasteiger charge is -2.13. The number of benzene rings is 1. The molecule has 0 amide bonds. The van der Waals surface area contributed by atoms with E-state index in [1.165, 1.54) is 6.07 Å². The van der Waals surface area contributed by atoms with Crippen molar-refractivity contribution >= 4 is 11.6 Å². The molecule has 0 aliphatic carbocycles. The number of hydrogen-bond acceptors (Lipinski definition) is 3. The van der Waals surface area contributed by atoms with E-state index in [9.17, 15) is 4.39 Å². The summed E-state index contributed by atoms with van der Waals surface area (Å²) in [7, 11) is 0. The van der Waals surface area contributed by atoms with E-state index in [1.54, 1.807) is 24.4 Å². The van der Waals surface area contributed by atoms with Crippen LogP contribution >= 0.6 is 11.6 Å². The van der Waals surface area contributed by atoms with Crippen LogP contribution in [0.1, 0.15) is 24.3 Å². The highest BCUT2D eigenvalue weighted by Gasteiger charge is 2.08. The molecule has 0 saturated carbocycles. The lowest BCUT2D eigenvalue weighted by Crippen LogP contribution is -2.17. The van der Waals surface area contributed by atoms with E-state index in [4.69, 9.17) is 16.1 Å². The minimum absolute atomic E-state index is 0.0539. The predicted octanol–water partition coefficient (Wildman–Crippen LogP) is 3.32. The Morgan fingerprint density at radius 3 is 2.94 bits per heavy atom. The molecule has 0 fully saturated rings.